The summed E-state index contributed by atoms with van der Waals surface area (Å²) in [5.41, 5.74) is 0.741. The molecule has 8 heteroatoms. The lowest BCUT2D eigenvalue weighted by Crippen LogP contribution is -2.42. The van der Waals surface area contributed by atoms with Gasteiger partial charge in [-0.2, -0.15) is 5.10 Å². The van der Waals surface area contributed by atoms with Gasteiger partial charge in [0.15, 0.2) is 5.69 Å². The molecule has 1 fully saturated rings. The summed E-state index contributed by atoms with van der Waals surface area (Å²) in [5.74, 6) is -1.19. The molecule has 128 valence electrons. The van der Waals surface area contributed by atoms with E-state index in [0.29, 0.717) is 10.4 Å². The van der Waals surface area contributed by atoms with Crippen LogP contribution < -0.4 is 5.32 Å². The third-order valence-electron chi connectivity index (χ3n) is 3.48. The maximum absolute atomic E-state index is 12.3. The fourth-order valence-electron chi connectivity index (χ4n) is 2.10. The summed E-state index contributed by atoms with van der Waals surface area (Å²) < 4.78 is 6.14. The van der Waals surface area contributed by atoms with Gasteiger partial charge in [-0.1, -0.05) is 0 Å². The number of amides is 1. The Hall–Kier alpha value is -1.41. The molecular weight excluding hydrogens is 366 g/mol. The number of ether oxygens (including phenoxy) is 1. The van der Waals surface area contributed by atoms with E-state index in [9.17, 15) is 14.7 Å². The van der Waals surface area contributed by atoms with Gasteiger partial charge in [-0.25, -0.2) is 4.79 Å². The minimum Gasteiger partial charge on any atom is -0.480 e. The summed E-state index contributed by atoms with van der Waals surface area (Å²) in [6, 6.07) is -1.02. The number of nitrogens with zero attached hydrogens (tertiary/aromatic N) is 1. The van der Waals surface area contributed by atoms with Crippen LogP contribution >= 0.6 is 15.9 Å². The molecule has 0 saturated heterocycles. The van der Waals surface area contributed by atoms with Gasteiger partial charge in [0.05, 0.1) is 15.8 Å². The highest BCUT2D eigenvalue weighted by Crippen LogP contribution is 2.42. The third-order valence-corrected chi connectivity index (χ3v) is 4.28. The Balaban J connectivity index is 1.96. The number of aromatic amines is 1. The van der Waals surface area contributed by atoms with Crippen LogP contribution in [0.5, 0.6) is 0 Å². The Kier molecular flexibility index (Phi) is 5.46. The molecule has 23 heavy (non-hydrogen) atoms. The largest absolute Gasteiger partial charge is 0.480 e. The molecule has 1 saturated carbocycles. The molecule has 0 aliphatic heterocycles. The van der Waals surface area contributed by atoms with Crippen LogP contribution in [0.1, 0.15) is 62.1 Å². The fraction of sp³-hybridized carbons (Fsp3) is 0.667. The van der Waals surface area contributed by atoms with E-state index >= 15 is 0 Å². The van der Waals surface area contributed by atoms with Crippen molar-refractivity contribution in [2.24, 2.45) is 0 Å². The zero-order chi connectivity index (χ0) is 17.2. The second-order valence-corrected chi connectivity index (χ2v) is 7.48. The molecular formula is C15H22BrN3O4. The number of carboxylic acid groups (broad SMARTS) is 1. The molecule has 2 rings (SSSR count). The molecule has 1 unspecified atom stereocenters. The SMILES string of the molecule is CC(C)(C)OCCC(NC(=O)c1n[nH]c(C2CC2)c1Br)C(=O)O. The molecule has 1 aliphatic rings. The van der Waals surface area contributed by atoms with Gasteiger partial charge in [0.25, 0.3) is 5.91 Å². The molecule has 1 aromatic rings. The summed E-state index contributed by atoms with van der Waals surface area (Å²) in [6.07, 6.45) is 2.34. The zero-order valence-corrected chi connectivity index (χ0v) is 15.1. The molecule has 3 N–H and O–H groups in total. The number of aliphatic carboxylic acids is 1. The van der Waals surface area contributed by atoms with E-state index in [1.54, 1.807) is 0 Å². The fourth-order valence-corrected chi connectivity index (χ4v) is 2.78. The van der Waals surface area contributed by atoms with Crippen molar-refractivity contribution in [1.29, 1.82) is 0 Å². The Morgan fingerprint density at radius 2 is 2.13 bits per heavy atom. The molecule has 0 bridgehead atoms. The highest BCUT2D eigenvalue weighted by atomic mass is 79.9. The van der Waals surface area contributed by atoms with E-state index in [0.717, 1.165) is 18.5 Å². The molecule has 7 nitrogen and oxygen atoms in total. The van der Waals surface area contributed by atoms with Crippen molar-refractivity contribution in [3.05, 3.63) is 15.9 Å². The second kappa shape index (κ2) is 7.00. The third kappa shape index (κ3) is 5.04. The molecule has 1 heterocycles. The van der Waals surface area contributed by atoms with Gasteiger partial charge in [0.1, 0.15) is 6.04 Å². The van der Waals surface area contributed by atoms with Crippen molar-refractivity contribution >= 4 is 27.8 Å². The second-order valence-electron chi connectivity index (χ2n) is 6.69. The average molecular weight is 388 g/mol. The first-order valence-corrected chi connectivity index (χ1v) is 8.39. The van der Waals surface area contributed by atoms with Crippen LogP contribution in [0.3, 0.4) is 0 Å². The number of carboxylic acids is 1. The van der Waals surface area contributed by atoms with Crippen molar-refractivity contribution in [3.63, 3.8) is 0 Å². The summed E-state index contributed by atoms with van der Waals surface area (Å²) in [7, 11) is 0. The Morgan fingerprint density at radius 1 is 1.48 bits per heavy atom. The molecule has 0 radical (unpaired) electrons. The topological polar surface area (TPSA) is 104 Å². The number of carbonyl (C=O) groups is 2. The predicted molar refractivity (Wildman–Crippen MR) is 87.5 cm³/mol. The first-order valence-electron chi connectivity index (χ1n) is 7.60. The number of hydrogen-bond acceptors (Lipinski definition) is 4. The number of H-pyrrole nitrogens is 1. The quantitative estimate of drug-likeness (QED) is 0.666. The number of aromatic nitrogens is 2. The summed E-state index contributed by atoms with van der Waals surface area (Å²) >= 11 is 3.37. The minimum absolute atomic E-state index is 0.190. The minimum atomic E-state index is -1.09. The van der Waals surface area contributed by atoms with Gasteiger partial charge in [-0.3, -0.25) is 9.89 Å². The van der Waals surface area contributed by atoms with Crippen LogP contribution in [-0.4, -0.2) is 45.4 Å². The molecule has 1 aromatic heterocycles. The van der Waals surface area contributed by atoms with Gasteiger partial charge >= 0.3 is 5.97 Å². The Morgan fingerprint density at radius 3 is 2.65 bits per heavy atom. The van der Waals surface area contributed by atoms with E-state index in [4.69, 9.17) is 4.74 Å². The van der Waals surface area contributed by atoms with E-state index in [-0.39, 0.29) is 24.3 Å². The highest BCUT2D eigenvalue weighted by molar-refractivity contribution is 9.10. The molecule has 1 amide bonds. The zero-order valence-electron chi connectivity index (χ0n) is 13.5. The van der Waals surface area contributed by atoms with E-state index in [1.165, 1.54) is 0 Å². The number of hydrogen-bond donors (Lipinski definition) is 3. The summed E-state index contributed by atoms with van der Waals surface area (Å²) in [6.45, 7) is 5.92. The maximum atomic E-state index is 12.3. The number of carbonyl (C=O) groups excluding carboxylic acids is 1. The summed E-state index contributed by atoms with van der Waals surface area (Å²) in [5, 5.41) is 18.6. The lowest BCUT2D eigenvalue weighted by Gasteiger charge is -2.21. The highest BCUT2D eigenvalue weighted by Gasteiger charge is 2.31. The van der Waals surface area contributed by atoms with Crippen molar-refractivity contribution in [2.75, 3.05) is 6.61 Å². The van der Waals surface area contributed by atoms with Crippen LogP contribution in [0.25, 0.3) is 0 Å². The molecule has 1 aliphatic carbocycles. The lowest BCUT2D eigenvalue weighted by atomic mass is 10.1. The first-order chi connectivity index (χ1) is 10.7. The monoisotopic (exact) mass is 387 g/mol. The maximum Gasteiger partial charge on any atom is 0.326 e. The van der Waals surface area contributed by atoms with Crippen LogP contribution in [0.2, 0.25) is 0 Å². The molecule has 0 aromatic carbocycles. The van der Waals surface area contributed by atoms with Crippen molar-refractivity contribution < 1.29 is 19.4 Å². The van der Waals surface area contributed by atoms with E-state index in [1.807, 2.05) is 20.8 Å². The van der Waals surface area contributed by atoms with Crippen LogP contribution in [0, 0.1) is 0 Å². The van der Waals surface area contributed by atoms with Crippen molar-refractivity contribution in [1.82, 2.24) is 15.5 Å². The van der Waals surface area contributed by atoms with E-state index < -0.39 is 17.9 Å². The number of rotatable bonds is 7. The van der Waals surface area contributed by atoms with Gasteiger partial charge in [-0.05, 0) is 49.5 Å². The van der Waals surface area contributed by atoms with Gasteiger partial charge in [0, 0.05) is 18.9 Å². The van der Waals surface area contributed by atoms with Crippen LogP contribution in [0.4, 0.5) is 0 Å². The van der Waals surface area contributed by atoms with Gasteiger partial charge < -0.3 is 15.2 Å². The smallest absolute Gasteiger partial charge is 0.326 e. The van der Waals surface area contributed by atoms with Crippen molar-refractivity contribution in [2.45, 2.75) is 57.6 Å². The van der Waals surface area contributed by atoms with Gasteiger partial charge in [0.2, 0.25) is 0 Å². The normalized spacial score (nSPS) is 16.2. The standard InChI is InChI=1S/C15H22BrN3O4/c1-15(2,3)23-7-6-9(14(21)22)17-13(20)12-10(16)11(18-19-12)8-4-5-8/h8-9H,4-7H2,1-3H3,(H,17,20)(H,18,19)(H,21,22). The molecule has 1 atom stereocenters. The Labute approximate surface area is 143 Å². The van der Waals surface area contributed by atoms with Crippen molar-refractivity contribution in [3.8, 4) is 0 Å². The first kappa shape index (κ1) is 17.9. The Bertz CT molecular complexity index is 590. The van der Waals surface area contributed by atoms with Crippen LogP contribution in [-0.2, 0) is 9.53 Å². The summed E-state index contributed by atoms with van der Waals surface area (Å²) in [4.78, 5) is 23.6. The predicted octanol–water partition coefficient (Wildman–Crippen LogP) is 2.44. The lowest BCUT2D eigenvalue weighted by molar-refractivity contribution is -0.140. The van der Waals surface area contributed by atoms with E-state index in [2.05, 4.69) is 31.4 Å². The molecule has 0 spiro atoms. The van der Waals surface area contributed by atoms with Gasteiger partial charge in [-0.15, -0.1) is 0 Å². The number of nitrogens with one attached hydrogen (secondary N) is 2. The van der Waals surface area contributed by atoms with Crippen LogP contribution in [0.15, 0.2) is 4.47 Å². The number of halogens is 1. The average Bonchev–Trinajstić information content (AvgIpc) is 3.19.